The number of aliphatic hydroxyl groups excluding tert-OH is 1. The summed E-state index contributed by atoms with van der Waals surface area (Å²) in [6.07, 6.45) is 1.88. The van der Waals surface area contributed by atoms with Crippen molar-refractivity contribution in [3.8, 4) is 22.6 Å². The minimum Gasteiger partial charge on any atom is -0.396 e. The third kappa shape index (κ3) is 4.61. The first-order valence-corrected chi connectivity index (χ1v) is 10.9. The van der Waals surface area contributed by atoms with Gasteiger partial charge in [0.15, 0.2) is 0 Å². The van der Waals surface area contributed by atoms with Crippen molar-refractivity contribution in [1.29, 1.82) is 0 Å². The van der Waals surface area contributed by atoms with Gasteiger partial charge in [0.1, 0.15) is 16.5 Å². The van der Waals surface area contributed by atoms with Crippen LogP contribution in [0, 0.1) is 5.82 Å². The number of hydrogen-bond donors (Lipinski definition) is 3. The van der Waals surface area contributed by atoms with E-state index in [0.29, 0.717) is 28.0 Å². The van der Waals surface area contributed by atoms with E-state index < -0.39 is 10.0 Å². The summed E-state index contributed by atoms with van der Waals surface area (Å²) >= 11 is 9.22. The van der Waals surface area contributed by atoms with E-state index in [1.807, 2.05) is 0 Å². The van der Waals surface area contributed by atoms with E-state index in [1.165, 1.54) is 18.2 Å². The smallest absolute Gasteiger partial charge is 0.242 e. The van der Waals surface area contributed by atoms with Gasteiger partial charge in [-0.2, -0.15) is 0 Å². The molecule has 0 atom stereocenters. The molecule has 0 saturated carbocycles. The Balaban J connectivity index is 1.93. The van der Waals surface area contributed by atoms with Gasteiger partial charge in [0.2, 0.25) is 10.0 Å². The summed E-state index contributed by atoms with van der Waals surface area (Å²) in [5, 5.41) is 8.89. The molecule has 0 spiro atoms. The topological polar surface area (TPSA) is 95.1 Å². The van der Waals surface area contributed by atoms with E-state index in [9.17, 15) is 12.8 Å². The van der Waals surface area contributed by atoms with Gasteiger partial charge in [0.05, 0.1) is 21.4 Å². The summed E-state index contributed by atoms with van der Waals surface area (Å²) in [5.41, 5.74) is 1.90. The molecule has 2 aromatic carbocycles. The van der Waals surface area contributed by atoms with Crippen LogP contribution in [-0.4, -0.2) is 36.6 Å². The number of aliphatic hydroxyl groups is 1. The molecule has 148 valence electrons. The SMILES string of the molecule is O=S(=O)(NCCCO)c1cc(-c2ncc(-c3ccc(F)c(Br)c3)[nH]2)ccc1Cl. The molecular weight excluding hydrogens is 473 g/mol. The van der Waals surface area contributed by atoms with Crippen LogP contribution >= 0.6 is 27.5 Å². The molecule has 0 aliphatic rings. The maximum Gasteiger partial charge on any atom is 0.242 e. The quantitative estimate of drug-likeness (QED) is 0.439. The standard InChI is InChI=1S/C18H16BrClFN3O3S/c19-13-8-11(3-5-15(13)21)16-10-22-18(24-16)12-2-4-14(20)17(9-12)28(26,27)23-6-1-7-25/h2-5,8-10,23,25H,1,6-7H2,(H,22,24). The van der Waals surface area contributed by atoms with E-state index >= 15 is 0 Å². The molecule has 6 nitrogen and oxygen atoms in total. The maximum atomic E-state index is 13.4. The first-order valence-electron chi connectivity index (χ1n) is 8.22. The molecule has 0 unspecified atom stereocenters. The highest BCUT2D eigenvalue weighted by molar-refractivity contribution is 9.10. The fourth-order valence-electron chi connectivity index (χ4n) is 2.50. The van der Waals surface area contributed by atoms with Gasteiger partial charge in [-0.05, 0) is 58.7 Å². The molecule has 0 bridgehead atoms. The van der Waals surface area contributed by atoms with Crippen LogP contribution in [0.25, 0.3) is 22.6 Å². The maximum absolute atomic E-state index is 13.4. The third-order valence-corrected chi connectivity index (χ3v) is 6.48. The summed E-state index contributed by atoms with van der Waals surface area (Å²) in [4.78, 5) is 7.31. The summed E-state index contributed by atoms with van der Waals surface area (Å²) in [6, 6.07) is 9.12. The van der Waals surface area contributed by atoms with E-state index in [2.05, 4.69) is 30.6 Å². The summed E-state index contributed by atoms with van der Waals surface area (Å²) in [6.45, 7) is -0.0191. The number of nitrogens with zero attached hydrogens (tertiary/aromatic N) is 1. The molecule has 10 heteroatoms. The van der Waals surface area contributed by atoms with Crippen LogP contribution in [0.15, 0.2) is 52.0 Å². The van der Waals surface area contributed by atoms with Crippen LogP contribution in [0.5, 0.6) is 0 Å². The predicted molar refractivity (Wildman–Crippen MR) is 109 cm³/mol. The van der Waals surface area contributed by atoms with Gasteiger partial charge in [-0.1, -0.05) is 11.6 Å². The Labute approximate surface area is 175 Å². The van der Waals surface area contributed by atoms with Gasteiger partial charge in [-0.25, -0.2) is 22.5 Å². The Morgan fingerprint density at radius 3 is 2.68 bits per heavy atom. The summed E-state index contributed by atoms with van der Waals surface area (Å²) < 4.78 is 41.1. The monoisotopic (exact) mass is 487 g/mol. The minimum atomic E-state index is -3.83. The summed E-state index contributed by atoms with van der Waals surface area (Å²) in [5.74, 6) is 0.0728. The van der Waals surface area contributed by atoms with Gasteiger partial charge in [-0.3, -0.25) is 0 Å². The predicted octanol–water partition coefficient (Wildman–Crippen LogP) is 3.96. The third-order valence-electron chi connectivity index (χ3n) is 3.93. The van der Waals surface area contributed by atoms with Crippen molar-refractivity contribution in [1.82, 2.24) is 14.7 Å². The number of halogens is 3. The first-order chi connectivity index (χ1) is 13.3. The Hall–Kier alpha value is -1.78. The first kappa shape index (κ1) is 20.9. The number of benzene rings is 2. The molecule has 0 amide bonds. The van der Waals surface area contributed by atoms with Gasteiger partial charge in [-0.15, -0.1) is 0 Å². The number of nitrogens with one attached hydrogen (secondary N) is 2. The average Bonchev–Trinajstić information content (AvgIpc) is 3.14. The Kier molecular flexibility index (Phi) is 6.51. The molecule has 0 aliphatic carbocycles. The molecule has 1 heterocycles. The highest BCUT2D eigenvalue weighted by Gasteiger charge is 2.19. The summed E-state index contributed by atoms with van der Waals surface area (Å²) in [7, 11) is -3.83. The van der Waals surface area contributed by atoms with Crippen LogP contribution in [0.3, 0.4) is 0 Å². The van der Waals surface area contributed by atoms with Crippen LogP contribution in [-0.2, 0) is 10.0 Å². The van der Waals surface area contributed by atoms with Crippen LogP contribution < -0.4 is 4.72 Å². The van der Waals surface area contributed by atoms with Crippen molar-refractivity contribution in [3.05, 3.63) is 57.9 Å². The number of imidazole rings is 1. The lowest BCUT2D eigenvalue weighted by Crippen LogP contribution is -2.25. The molecule has 3 aromatic rings. The number of aromatic nitrogens is 2. The second-order valence-electron chi connectivity index (χ2n) is 5.89. The van der Waals surface area contributed by atoms with Crippen molar-refractivity contribution < 1.29 is 17.9 Å². The second kappa shape index (κ2) is 8.71. The number of rotatable bonds is 7. The molecule has 3 N–H and O–H groups in total. The number of aromatic amines is 1. The molecule has 0 saturated heterocycles. The van der Waals surface area contributed by atoms with Crippen molar-refractivity contribution in [2.75, 3.05) is 13.2 Å². The largest absolute Gasteiger partial charge is 0.396 e. The fourth-order valence-corrected chi connectivity index (χ4v) is 4.47. The molecule has 0 aliphatic heterocycles. The van der Waals surface area contributed by atoms with E-state index in [0.717, 1.165) is 5.56 Å². The van der Waals surface area contributed by atoms with Crippen molar-refractivity contribution in [2.24, 2.45) is 0 Å². The van der Waals surface area contributed by atoms with Crippen molar-refractivity contribution in [2.45, 2.75) is 11.3 Å². The van der Waals surface area contributed by atoms with Gasteiger partial charge in [0.25, 0.3) is 0 Å². The van der Waals surface area contributed by atoms with Crippen LogP contribution in [0.4, 0.5) is 4.39 Å². The molecule has 28 heavy (non-hydrogen) atoms. The lowest BCUT2D eigenvalue weighted by Gasteiger charge is -2.09. The fraction of sp³-hybridized carbons (Fsp3) is 0.167. The van der Waals surface area contributed by atoms with Gasteiger partial charge < -0.3 is 10.1 Å². The highest BCUT2D eigenvalue weighted by atomic mass is 79.9. The average molecular weight is 489 g/mol. The Morgan fingerprint density at radius 1 is 1.21 bits per heavy atom. The number of H-pyrrole nitrogens is 1. The lowest BCUT2D eigenvalue weighted by atomic mass is 10.2. The zero-order valence-corrected chi connectivity index (χ0v) is 17.6. The van der Waals surface area contributed by atoms with Crippen LogP contribution in [0.2, 0.25) is 5.02 Å². The normalized spacial score (nSPS) is 11.7. The Morgan fingerprint density at radius 2 is 1.96 bits per heavy atom. The van der Waals surface area contributed by atoms with Crippen molar-refractivity contribution in [3.63, 3.8) is 0 Å². The highest BCUT2D eigenvalue weighted by Crippen LogP contribution is 2.29. The number of sulfonamides is 1. The Bertz CT molecular complexity index is 1110. The lowest BCUT2D eigenvalue weighted by molar-refractivity contribution is 0.289. The number of hydrogen-bond acceptors (Lipinski definition) is 4. The molecular formula is C18H16BrClFN3O3S. The van der Waals surface area contributed by atoms with Gasteiger partial charge in [0, 0.05) is 24.3 Å². The minimum absolute atomic E-state index is 0.0768. The van der Waals surface area contributed by atoms with Crippen molar-refractivity contribution >= 4 is 37.6 Å². The van der Waals surface area contributed by atoms with E-state index in [1.54, 1.807) is 24.4 Å². The molecule has 3 rings (SSSR count). The van der Waals surface area contributed by atoms with Gasteiger partial charge >= 0.3 is 0 Å². The zero-order chi connectivity index (χ0) is 20.3. The van der Waals surface area contributed by atoms with E-state index in [4.69, 9.17) is 16.7 Å². The van der Waals surface area contributed by atoms with Crippen LogP contribution in [0.1, 0.15) is 6.42 Å². The zero-order valence-electron chi connectivity index (χ0n) is 14.4. The van der Waals surface area contributed by atoms with E-state index in [-0.39, 0.29) is 28.9 Å². The molecule has 0 radical (unpaired) electrons. The molecule has 0 fully saturated rings. The molecule has 1 aromatic heterocycles. The second-order valence-corrected chi connectivity index (χ2v) is 8.89.